The third-order valence-electron chi connectivity index (χ3n) is 2.31. The first-order valence-corrected chi connectivity index (χ1v) is 5.23. The van der Waals surface area contributed by atoms with Crippen molar-refractivity contribution in [3.63, 3.8) is 0 Å². The van der Waals surface area contributed by atoms with Crippen LogP contribution < -0.4 is 10.5 Å². The van der Waals surface area contributed by atoms with Gasteiger partial charge in [-0.05, 0) is 23.8 Å². The lowest BCUT2D eigenvalue weighted by Crippen LogP contribution is -2.04. The zero-order chi connectivity index (χ0) is 11.2. The van der Waals surface area contributed by atoms with Crippen molar-refractivity contribution in [3.05, 3.63) is 54.2 Å². The minimum Gasteiger partial charge on any atom is -0.493 e. The fraction of sp³-hybridized carbons (Fsp3) is 0.154. The number of aromatic nitrogens is 1. The topological polar surface area (TPSA) is 48.1 Å². The molecule has 0 radical (unpaired) electrons. The van der Waals surface area contributed by atoms with E-state index in [-0.39, 0.29) is 0 Å². The lowest BCUT2D eigenvalue weighted by molar-refractivity contribution is 0.322. The van der Waals surface area contributed by atoms with Crippen molar-refractivity contribution in [3.8, 4) is 5.75 Å². The Labute approximate surface area is 94.9 Å². The van der Waals surface area contributed by atoms with E-state index in [4.69, 9.17) is 10.5 Å². The number of ether oxygens (including phenoxy) is 1. The molecule has 2 aromatic rings. The van der Waals surface area contributed by atoms with Crippen LogP contribution in [0.5, 0.6) is 5.75 Å². The quantitative estimate of drug-likeness (QED) is 0.849. The molecule has 0 amide bonds. The summed E-state index contributed by atoms with van der Waals surface area (Å²) in [5, 5.41) is 0. The Kier molecular flexibility index (Phi) is 3.38. The molecule has 0 bridgehead atoms. The van der Waals surface area contributed by atoms with Gasteiger partial charge in [-0.3, -0.25) is 0 Å². The minimum absolute atomic E-state index is 0.583. The normalized spacial score (nSPS) is 10.0. The number of nitrogens with zero attached hydrogens (tertiary/aromatic N) is 1. The molecule has 1 heterocycles. The van der Waals surface area contributed by atoms with Gasteiger partial charge >= 0.3 is 0 Å². The molecule has 82 valence electrons. The number of benzene rings is 1. The van der Waals surface area contributed by atoms with Crippen molar-refractivity contribution in [1.29, 1.82) is 0 Å². The average molecular weight is 214 g/mol. The maximum atomic E-state index is 5.73. The molecule has 0 unspecified atom stereocenters. The third-order valence-corrected chi connectivity index (χ3v) is 2.31. The van der Waals surface area contributed by atoms with Gasteiger partial charge in [0.2, 0.25) is 0 Å². The summed E-state index contributed by atoms with van der Waals surface area (Å²) in [6, 6.07) is 13.6. The summed E-state index contributed by atoms with van der Waals surface area (Å²) in [6.45, 7) is 0.611. The molecule has 1 aromatic heterocycles. The van der Waals surface area contributed by atoms with Gasteiger partial charge in [0.25, 0.3) is 0 Å². The van der Waals surface area contributed by atoms with Crippen LogP contribution in [0.1, 0.15) is 5.56 Å². The summed E-state index contributed by atoms with van der Waals surface area (Å²) in [6.07, 6.45) is 2.46. The second kappa shape index (κ2) is 5.16. The molecule has 3 nitrogen and oxygen atoms in total. The predicted octanol–water partition coefficient (Wildman–Crippen LogP) is 2.29. The van der Waals surface area contributed by atoms with Gasteiger partial charge in [-0.2, -0.15) is 0 Å². The highest BCUT2D eigenvalue weighted by atomic mass is 16.5. The average Bonchev–Trinajstić information content (AvgIpc) is 2.33. The van der Waals surface area contributed by atoms with Crippen molar-refractivity contribution >= 4 is 5.82 Å². The largest absolute Gasteiger partial charge is 0.493 e. The second-order valence-electron chi connectivity index (χ2n) is 3.46. The highest BCUT2D eigenvalue weighted by Crippen LogP contribution is 2.11. The molecule has 3 heteroatoms. The summed E-state index contributed by atoms with van der Waals surface area (Å²) < 4.78 is 5.58. The van der Waals surface area contributed by atoms with Gasteiger partial charge in [-0.15, -0.1) is 0 Å². The molecule has 0 aliphatic carbocycles. The van der Waals surface area contributed by atoms with Crippen LogP contribution in [-0.4, -0.2) is 11.6 Å². The van der Waals surface area contributed by atoms with E-state index >= 15 is 0 Å². The highest BCUT2D eigenvalue weighted by molar-refractivity contribution is 5.38. The second-order valence-corrected chi connectivity index (χ2v) is 3.46. The lowest BCUT2D eigenvalue weighted by atomic mass is 10.2. The minimum atomic E-state index is 0.583. The number of rotatable bonds is 4. The highest BCUT2D eigenvalue weighted by Gasteiger charge is 1.99. The Balaban J connectivity index is 1.87. The summed E-state index contributed by atoms with van der Waals surface area (Å²) in [4.78, 5) is 4.03. The molecule has 1 aromatic carbocycles. The van der Waals surface area contributed by atoms with Gasteiger partial charge in [0.15, 0.2) is 0 Å². The Hall–Kier alpha value is -2.03. The van der Waals surface area contributed by atoms with Crippen LogP contribution in [0.3, 0.4) is 0 Å². The number of anilines is 1. The van der Waals surface area contributed by atoms with Gasteiger partial charge in [-0.1, -0.05) is 24.3 Å². The zero-order valence-electron chi connectivity index (χ0n) is 8.97. The van der Waals surface area contributed by atoms with Crippen molar-refractivity contribution in [2.45, 2.75) is 6.42 Å². The lowest BCUT2D eigenvalue weighted by Gasteiger charge is -2.06. The van der Waals surface area contributed by atoms with Gasteiger partial charge in [-0.25, -0.2) is 4.98 Å². The summed E-state index contributed by atoms with van der Waals surface area (Å²) in [5.41, 5.74) is 6.76. The number of para-hydroxylation sites is 1. The Morgan fingerprint density at radius 1 is 1.06 bits per heavy atom. The Morgan fingerprint density at radius 3 is 2.62 bits per heavy atom. The summed E-state index contributed by atoms with van der Waals surface area (Å²) in [7, 11) is 0. The van der Waals surface area contributed by atoms with Crippen LogP contribution in [0.15, 0.2) is 48.7 Å². The molecule has 0 aliphatic heterocycles. The molecule has 0 aliphatic rings. The van der Waals surface area contributed by atoms with E-state index in [2.05, 4.69) is 4.98 Å². The van der Waals surface area contributed by atoms with Crippen molar-refractivity contribution in [1.82, 2.24) is 4.98 Å². The first kappa shape index (κ1) is 10.5. The van der Waals surface area contributed by atoms with E-state index in [0.29, 0.717) is 12.4 Å². The van der Waals surface area contributed by atoms with Crippen LogP contribution in [0.25, 0.3) is 0 Å². The Bertz CT molecular complexity index is 443. The van der Waals surface area contributed by atoms with Crippen LogP contribution >= 0.6 is 0 Å². The van der Waals surface area contributed by atoms with Crippen LogP contribution in [0.4, 0.5) is 5.82 Å². The summed E-state index contributed by atoms with van der Waals surface area (Å²) in [5.74, 6) is 1.46. The third kappa shape index (κ3) is 2.73. The summed E-state index contributed by atoms with van der Waals surface area (Å²) >= 11 is 0. The number of hydrogen-bond donors (Lipinski definition) is 1. The van der Waals surface area contributed by atoms with Gasteiger partial charge in [0, 0.05) is 12.6 Å². The molecule has 0 fully saturated rings. The number of nitrogens with two attached hydrogens (primary N) is 1. The maximum absolute atomic E-state index is 5.73. The standard InChI is InChI=1S/C13H14N2O/c14-13-11(5-4-9-15-13)8-10-16-12-6-2-1-3-7-12/h1-7,9H,8,10H2,(H2,14,15). The molecular weight excluding hydrogens is 200 g/mol. The number of pyridine rings is 1. The van der Waals surface area contributed by atoms with Gasteiger partial charge < -0.3 is 10.5 Å². The molecule has 2 rings (SSSR count). The van der Waals surface area contributed by atoms with Gasteiger partial charge in [0.1, 0.15) is 11.6 Å². The molecule has 16 heavy (non-hydrogen) atoms. The smallest absolute Gasteiger partial charge is 0.126 e. The Morgan fingerprint density at radius 2 is 1.88 bits per heavy atom. The molecule has 2 N–H and O–H groups in total. The van der Waals surface area contributed by atoms with Gasteiger partial charge in [0.05, 0.1) is 6.61 Å². The fourth-order valence-electron chi connectivity index (χ4n) is 1.46. The van der Waals surface area contributed by atoms with Crippen LogP contribution in [0, 0.1) is 0 Å². The maximum Gasteiger partial charge on any atom is 0.126 e. The fourth-order valence-corrected chi connectivity index (χ4v) is 1.46. The van der Waals surface area contributed by atoms with E-state index in [1.54, 1.807) is 6.20 Å². The first-order valence-electron chi connectivity index (χ1n) is 5.23. The zero-order valence-corrected chi connectivity index (χ0v) is 8.97. The van der Waals surface area contributed by atoms with E-state index in [9.17, 15) is 0 Å². The molecule has 0 saturated heterocycles. The van der Waals surface area contributed by atoms with Crippen molar-refractivity contribution in [2.24, 2.45) is 0 Å². The predicted molar refractivity (Wildman–Crippen MR) is 64.3 cm³/mol. The van der Waals surface area contributed by atoms with Crippen LogP contribution in [0.2, 0.25) is 0 Å². The number of hydrogen-bond acceptors (Lipinski definition) is 3. The monoisotopic (exact) mass is 214 g/mol. The van der Waals surface area contributed by atoms with E-state index in [1.165, 1.54) is 0 Å². The molecular formula is C13H14N2O. The number of nitrogen functional groups attached to an aromatic ring is 1. The molecule has 0 spiro atoms. The SMILES string of the molecule is Nc1ncccc1CCOc1ccccc1. The van der Waals surface area contributed by atoms with E-state index in [0.717, 1.165) is 17.7 Å². The molecule has 0 atom stereocenters. The molecule has 0 saturated carbocycles. The first-order chi connectivity index (χ1) is 7.86. The van der Waals surface area contributed by atoms with Crippen molar-refractivity contribution < 1.29 is 4.74 Å². The van der Waals surface area contributed by atoms with Crippen molar-refractivity contribution in [2.75, 3.05) is 12.3 Å². The van der Waals surface area contributed by atoms with Crippen LogP contribution in [-0.2, 0) is 6.42 Å². The van der Waals surface area contributed by atoms with E-state index in [1.807, 2.05) is 42.5 Å². The van der Waals surface area contributed by atoms with E-state index < -0.39 is 0 Å².